The summed E-state index contributed by atoms with van der Waals surface area (Å²) < 4.78 is 23.6. The molecule has 0 bridgehead atoms. The fraction of sp³-hybridized carbons (Fsp3) is 0.600. The zero-order valence-corrected chi connectivity index (χ0v) is 13.7. The third-order valence-corrected chi connectivity index (χ3v) is 5.01. The highest BCUT2D eigenvalue weighted by molar-refractivity contribution is 7.91. The van der Waals surface area contributed by atoms with Crippen LogP contribution in [0.3, 0.4) is 0 Å². The van der Waals surface area contributed by atoms with Gasteiger partial charge in [0.15, 0.2) is 9.84 Å². The van der Waals surface area contributed by atoms with E-state index >= 15 is 0 Å². The summed E-state index contributed by atoms with van der Waals surface area (Å²) in [6, 6.07) is 7.66. The summed E-state index contributed by atoms with van der Waals surface area (Å²) >= 11 is 0. The molecule has 1 aromatic rings. The number of hydrogen-bond donors (Lipinski definition) is 1. The van der Waals surface area contributed by atoms with E-state index in [9.17, 15) is 8.42 Å². The van der Waals surface area contributed by atoms with Crippen LogP contribution in [-0.2, 0) is 9.84 Å². The van der Waals surface area contributed by atoms with Crippen LogP contribution >= 0.6 is 0 Å². The first-order valence-electron chi connectivity index (χ1n) is 7.21. The van der Waals surface area contributed by atoms with Crippen molar-refractivity contribution in [2.24, 2.45) is 0 Å². The number of sulfone groups is 1. The van der Waals surface area contributed by atoms with Crippen LogP contribution in [0.15, 0.2) is 29.2 Å². The average molecular weight is 298 g/mol. The molecular formula is C15H26N2O2S. The Balaban J connectivity index is 2.75. The average Bonchev–Trinajstić information content (AvgIpc) is 2.43. The van der Waals surface area contributed by atoms with Gasteiger partial charge in [-0.3, -0.25) is 0 Å². The smallest absolute Gasteiger partial charge is 0.178 e. The molecule has 0 saturated carbocycles. The van der Waals surface area contributed by atoms with E-state index in [4.69, 9.17) is 0 Å². The normalized spacial score (nSPS) is 11.8. The fourth-order valence-electron chi connectivity index (χ4n) is 1.99. The summed E-state index contributed by atoms with van der Waals surface area (Å²) in [5.41, 5.74) is 1.06. The first-order chi connectivity index (χ1) is 9.40. The van der Waals surface area contributed by atoms with Crippen molar-refractivity contribution in [3.05, 3.63) is 24.3 Å². The van der Waals surface area contributed by atoms with Crippen molar-refractivity contribution in [3.8, 4) is 0 Å². The van der Waals surface area contributed by atoms with Gasteiger partial charge in [0.2, 0.25) is 0 Å². The molecular weight excluding hydrogens is 272 g/mol. The first-order valence-corrected chi connectivity index (χ1v) is 8.87. The highest BCUT2D eigenvalue weighted by Gasteiger charge is 2.12. The van der Waals surface area contributed by atoms with E-state index in [1.54, 1.807) is 19.1 Å². The van der Waals surface area contributed by atoms with Gasteiger partial charge >= 0.3 is 0 Å². The van der Waals surface area contributed by atoms with E-state index in [-0.39, 0.29) is 5.75 Å². The second-order valence-corrected chi connectivity index (χ2v) is 7.36. The van der Waals surface area contributed by atoms with Crippen molar-refractivity contribution < 1.29 is 8.42 Å². The Morgan fingerprint density at radius 2 is 1.75 bits per heavy atom. The molecule has 1 aromatic carbocycles. The van der Waals surface area contributed by atoms with E-state index in [0.717, 1.165) is 25.3 Å². The van der Waals surface area contributed by atoms with E-state index in [2.05, 4.69) is 31.0 Å². The van der Waals surface area contributed by atoms with Gasteiger partial charge in [-0.15, -0.1) is 0 Å². The number of nitrogens with one attached hydrogen (secondary N) is 1. The number of nitrogens with zero attached hydrogens (tertiary/aromatic N) is 1. The van der Waals surface area contributed by atoms with E-state index in [1.165, 1.54) is 0 Å². The van der Waals surface area contributed by atoms with Crippen LogP contribution in [0.4, 0.5) is 5.69 Å². The fourth-order valence-corrected chi connectivity index (χ4v) is 2.87. The lowest BCUT2D eigenvalue weighted by atomic mass is 10.3. The molecule has 0 unspecified atom stereocenters. The summed E-state index contributed by atoms with van der Waals surface area (Å²) in [6.07, 6.45) is 0. The Kier molecular flexibility index (Phi) is 6.49. The third kappa shape index (κ3) is 4.80. The molecule has 0 heterocycles. The Labute approximate surface area is 123 Å². The molecule has 1 N–H and O–H groups in total. The summed E-state index contributed by atoms with van der Waals surface area (Å²) in [6.45, 7) is 10.8. The maximum atomic E-state index is 11.8. The van der Waals surface area contributed by atoms with E-state index in [1.807, 2.05) is 12.1 Å². The minimum atomic E-state index is -3.11. The van der Waals surface area contributed by atoms with Gasteiger partial charge in [0.25, 0.3) is 0 Å². The van der Waals surface area contributed by atoms with Crippen molar-refractivity contribution in [3.63, 3.8) is 0 Å². The SMILES string of the molecule is CCN(CCNC(C)C)c1ccc(S(=O)(=O)CC)cc1. The van der Waals surface area contributed by atoms with Crippen LogP contribution < -0.4 is 10.2 Å². The molecule has 5 heteroatoms. The van der Waals surface area contributed by atoms with Crippen molar-refractivity contribution in [2.45, 2.75) is 38.6 Å². The molecule has 0 spiro atoms. The lowest BCUT2D eigenvalue weighted by Gasteiger charge is -2.24. The Hall–Kier alpha value is -1.07. The second kappa shape index (κ2) is 7.64. The molecule has 0 aliphatic carbocycles. The third-order valence-electron chi connectivity index (χ3n) is 3.26. The van der Waals surface area contributed by atoms with Gasteiger partial charge in [-0.25, -0.2) is 8.42 Å². The highest BCUT2D eigenvalue weighted by atomic mass is 32.2. The minimum Gasteiger partial charge on any atom is -0.371 e. The zero-order chi connectivity index (χ0) is 15.2. The largest absolute Gasteiger partial charge is 0.371 e. The monoisotopic (exact) mass is 298 g/mol. The molecule has 0 aliphatic rings. The lowest BCUT2D eigenvalue weighted by Crippen LogP contribution is -2.34. The van der Waals surface area contributed by atoms with Crippen LogP contribution in [0.1, 0.15) is 27.7 Å². The molecule has 20 heavy (non-hydrogen) atoms. The maximum absolute atomic E-state index is 11.8. The zero-order valence-electron chi connectivity index (χ0n) is 12.9. The molecule has 1 rings (SSSR count). The van der Waals surface area contributed by atoms with Crippen molar-refractivity contribution in [1.82, 2.24) is 5.32 Å². The highest BCUT2D eigenvalue weighted by Crippen LogP contribution is 2.18. The summed E-state index contributed by atoms with van der Waals surface area (Å²) in [5.74, 6) is 0.141. The van der Waals surface area contributed by atoms with Gasteiger partial charge in [-0.2, -0.15) is 0 Å². The van der Waals surface area contributed by atoms with Crippen LogP contribution in [-0.4, -0.2) is 39.8 Å². The van der Waals surface area contributed by atoms with Gasteiger partial charge < -0.3 is 10.2 Å². The molecule has 0 radical (unpaired) electrons. The molecule has 0 fully saturated rings. The number of hydrogen-bond acceptors (Lipinski definition) is 4. The predicted molar refractivity (Wildman–Crippen MR) is 85.2 cm³/mol. The van der Waals surface area contributed by atoms with Gasteiger partial charge in [-0.1, -0.05) is 20.8 Å². The van der Waals surface area contributed by atoms with E-state index in [0.29, 0.717) is 10.9 Å². The number of likely N-dealkylation sites (N-methyl/N-ethyl adjacent to an activating group) is 1. The van der Waals surface area contributed by atoms with E-state index < -0.39 is 9.84 Å². The van der Waals surface area contributed by atoms with Crippen LogP contribution in [0.5, 0.6) is 0 Å². The number of benzene rings is 1. The predicted octanol–water partition coefficient (Wildman–Crippen LogP) is 2.30. The first kappa shape index (κ1) is 17.0. The molecule has 0 aromatic heterocycles. The second-order valence-electron chi connectivity index (χ2n) is 5.09. The van der Waals surface area contributed by atoms with Crippen LogP contribution in [0.2, 0.25) is 0 Å². The summed E-state index contributed by atoms with van der Waals surface area (Å²) in [4.78, 5) is 2.64. The van der Waals surface area contributed by atoms with Crippen LogP contribution in [0, 0.1) is 0 Å². The van der Waals surface area contributed by atoms with Gasteiger partial charge in [0, 0.05) is 31.4 Å². The minimum absolute atomic E-state index is 0.141. The number of anilines is 1. The molecule has 0 amide bonds. The lowest BCUT2D eigenvalue weighted by molar-refractivity contribution is 0.583. The summed E-state index contributed by atoms with van der Waals surface area (Å²) in [7, 11) is -3.11. The molecule has 4 nitrogen and oxygen atoms in total. The van der Waals surface area contributed by atoms with Gasteiger partial charge in [0.05, 0.1) is 10.6 Å². The van der Waals surface area contributed by atoms with Crippen molar-refractivity contribution in [2.75, 3.05) is 30.3 Å². The van der Waals surface area contributed by atoms with Crippen molar-refractivity contribution >= 4 is 15.5 Å². The molecule has 0 atom stereocenters. The van der Waals surface area contributed by atoms with Gasteiger partial charge in [-0.05, 0) is 31.2 Å². The van der Waals surface area contributed by atoms with Crippen molar-refractivity contribution in [1.29, 1.82) is 0 Å². The maximum Gasteiger partial charge on any atom is 0.178 e. The summed E-state index contributed by atoms with van der Waals surface area (Å²) in [5, 5.41) is 3.39. The van der Waals surface area contributed by atoms with Crippen LogP contribution in [0.25, 0.3) is 0 Å². The Morgan fingerprint density at radius 1 is 1.15 bits per heavy atom. The topological polar surface area (TPSA) is 49.4 Å². The molecule has 0 saturated heterocycles. The molecule has 114 valence electrons. The quantitative estimate of drug-likeness (QED) is 0.800. The standard InChI is InChI=1S/C15H26N2O2S/c1-5-17(12-11-16-13(3)4)14-7-9-15(10-8-14)20(18,19)6-2/h7-10,13,16H,5-6,11-12H2,1-4H3. The number of rotatable bonds is 8. The Morgan fingerprint density at radius 3 is 2.20 bits per heavy atom. The van der Waals surface area contributed by atoms with Gasteiger partial charge in [0.1, 0.15) is 0 Å². The Bertz CT molecular complexity index is 495. The molecule has 0 aliphatic heterocycles.